The van der Waals surface area contributed by atoms with Crippen LogP contribution in [0.25, 0.3) is 0 Å². The fraction of sp³-hybridized carbons (Fsp3) is 0.455. The van der Waals surface area contributed by atoms with Gasteiger partial charge in [-0.25, -0.2) is 4.39 Å². The number of benzene rings is 1. The largest absolute Gasteiger partial charge is 0.330 e. The van der Waals surface area contributed by atoms with Gasteiger partial charge in [-0.3, -0.25) is 0 Å². The summed E-state index contributed by atoms with van der Waals surface area (Å²) < 4.78 is 12.8. The molecule has 1 unspecified atom stereocenters. The zero-order chi connectivity index (χ0) is 10.4. The number of nitrogens with two attached hydrogens (primary N) is 1. The summed E-state index contributed by atoms with van der Waals surface area (Å²) in [6, 6.07) is 7.00. The van der Waals surface area contributed by atoms with Gasteiger partial charge in [0.15, 0.2) is 0 Å². The van der Waals surface area contributed by atoms with Crippen LogP contribution in [-0.4, -0.2) is 12.6 Å². The minimum absolute atomic E-state index is 0.184. The molecular weight excluding hydrogens is 179 g/mol. The standard InChI is InChI=1S/C11H17FN2/c1-9(5-6-13)14-8-10-3-2-4-11(12)7-10/h2-4,7,9,14H,5-6,8,13H2,1H3. The van der Waals surface area contributed by atoms with Crippen LogP contribution in [0.4, 0.5) is 4.39 Å². The summed E-state index contributed by atoms with van der Waals surface area (Å²) in [5.74, 6) is -0.184. The highest BCUT2D eigenvalue weighted by Gasteiger charge is 2.00. The van der Waals surface area contributed by atoms with E-state index < -0.39 is 0 Å². The SMILES string of the molecule is CC(CCN)NCc1cccc(F)c1. The van der Waals surface area contributed by atoms with Crippen molar-refractivity contribution in [2.24, 2.45) is 5.73 Å². The van der Waals surface area contributed by atoms with Crippen molar-refractivity contribution in [1.82, 2.24) is 5.32 Å². The molecule has 78 valence electrons. The van der Waals surface area contributed by atoms with Crippen LogP contribution < -0.4 is 11.1 Å². The third kappa shape index (κ3) is 3.85. The van der Waals surface area contributed by atoms with E-state index in [-0.39, 0.29) is 5.82 Å². The Morgan fingerprint density at radius 3 is 2.93 bits per heavy atom. The lowest BCUT2D eigenvalue weighted by molar-refractivity contribution is 0.518. The van der Waals surface area contributed by atoms with Gasteiger partial charge in [0.25, 0.3) is 0 Å². The Bertz CT molecular complexity index is 276. The minimum Gasteiger partial charge on any atom is -0.330 e. The summed E-state index contributed by atoms with van der Waals surface area (Å²) >= 11 is 0. The first-order valence-electron chi connectivity index (χ1n) is 4.90. The van der Waals surface area contributed by atoms with Crippen molar-refractivity contribution < 1.29 is 4.39 Å². The van der Waals surface area contributed by atoms with Gasteiger partial charge in [0.1, 0.15) is 5.82 Å². The van der Waals surface area contributed by atoms with Crippen LogP contribution in [0.5, 0.6) is 0 Å². The Morgan fingerprint density at radius 2 is 2.29 bits per heavy atom. The number of hydrogen-bond acceptors (Lipinski definition) is 2. The monoisotopic (exact) mass is 196 g/mol. The Labute approximate surface area is 84.3 Å². The van der Waals surface area contributed by atoms with Crippen molar-refractivity contribution in [3.63, 3.8) is 0 Å². The Morgan fingerprint density at radius 1 is 1.50 bits per heavy atom. The van der Waals surface area contributed by atoms with Crippen molar-refractivity contribution in [3.8, 4) is 0 Å². The minimum atomic E-state index is -0.184. The van der Waals surface area contributed by atoms with Gasteiger partial charge in [0.05, 0.1) is 0 Å². The van der Waals surface area contributed by atoms with Gasteiger partial charge in [0.2, 0.25) is 0 Å². The van der Waals surface area contributed by atoms with E-state index >= 15 is 0 Å². The van der Waals surface area contributed by atoms with Gasteiger partial charge < -0.3 is 11.1 Å². The molecule has 3 N–H and O–H groups in total. The maximum atomic E-state index is 12.8. The highest BCUT2D eigenvalue weighted by atomic mass is 19.1. The molecule has 0 saturated carbocycles. The number of halogens is 1. The van der Waals surface area contributed by atoms with Gasteiger partial charge in [0, 0.05) is 12.6 Å². The van der Waals surface area contributed by atoms with Gasteiger partial charge in [-0.1, -0.05) is 12.1 Å². The van der Waals surface area contributed by atoms with E-state index in [1.54, 1.807) is 12.1 Å². The maximum absolute atomic E-state index is 12.8. The van der Waals surface area contributed by atoms with E-state index in [0.29, 0.717) is 19.1 Å². The molecule has 0 radical (unpaired) electrons. The molecule has 0 aromatic heterocycles. The molecule has 0 aliphatic heterocycles. The van der Waals surface area contributed by atoms with Crippen LogP contribution in [0.15, 0.2) is 24.3 Å². The summed E-state index contributed by atoms with van der Waals surface area (Å²) in [6.07, 6.45) is 0.940. The third-order valence-corrected chi connectivity index (χ3v) is 2.14. The van der Waals surface area contributed by atoms with Gasteiger partial charge >= 0.3 is 0 Å². The van der Waals surface area contributed by atoms with Crippen LogP contribution in [0.1, 0.15) is 18.9 Å². The molecule has 0 heterocycles. The molecule has 1 atom stereocenters. The zero-order valence-corrected chi connectivity index (χ0v) is 8.46. The van der Waals surface area contributed by atoms with Crippen molar-refractivity contribution in [2.75, 3.05) is 6.54 Å². The summed E-state index contributed by atoms with van der Waals surface area (Å²) in [4.78, 5) is 0. The Kier molecular flexibility index (Phi) is 4.56. The van der Waals surface area contributed by atoms with Crippen LogP contribution in [-0.2, 0) is 6.54 Å². The lowest BCUT2D eigenvalue weighted by Crippen LogP contribution is -2.27. The quantitative estimate of drug-likeness (QED) is 0.751. The summed E-state index contributed by atoms with van der Waals surface area (Å²) in [7, 11) is 0. The van der Waals surface area contributed by atoms with E-state index in [1.165, 1.54) is 6.07 Å². The molecule has 14 heavy (non-hydrogen) atoms. The lowest BCUT2D eigenvalue weighted by atomic mass is 10.2. The molecule has 1 aromatic rings. The summed E-state index contributed by atoms with van der Waals surface area (Å²) in [5, 5.41) is 3.28. The van der Waals surface area contributed by atoms with Crippen molar-refractivity contribution in [1.29, 1.82) is 0 Å². The summed E-state index contributed by atoms with van der Waals surface area (Å²) in [5.41, 5.74) is 6.39. The molecule has 0 amide bonds. The van der Waals surface area contributed by atoms with Crippen molar-refractivity contribution in [3.05, 3.63) is 35.6 Å². The first-order valence-corrected chi connectivity index (χ1v) is 4.90. The molecule has 0 aliphatic carbocycles. The average molecular weight is 196 g/mol. The normalized spacial score (nSPS) is 12.8. The summed E-state index contributed by atoms with van der Waals surface area (Å²) in [6.45, 7) is 3.45. The predicted octanol–water partition coefficient (Wildman–Crippen LogP) is 1.65. The fourth-order valence-corrected chi connectivity index (χ4v) is 1.29. The molecule has 0 fully saturated rings. The van der Waals surface area contributed by atoms with Gasteiger partial charge in [-0.15, -0.1) is 0 Å². The van der Waals surface area contributed by atoms with E-state index in [4.69, 9.17) is 5.73 Å². The fourth-order valence-electron chi connectivity index (χ4n) is 1.29. The molecular formula is C11H17FN2. The van der Waals surface area contributed by atoms with E-state index in [1.807, 2.05) is 6.07 Å². The van der Waals surface area contributed by atoms with Gasteiger partial charge in [-0.05, 0) is 37.6 Å². The predicted molar refractivity (Wildman–Crippen MR) is 56.4 cm³/mol. The zero-order valence-electron chi connectivity index (χ0n) is 8.46. The molecule has 0 bridgehead atoms. The second-order valence-corrected chi connectivity index (χ2v) is 3.49. The van der Waals surface area contributed by atoms with E-state index in [9.17, 15) is 4.39 Å². The second kappa shape index (κ2) is 5.73. The number of rotatable bonds is 5. The Hall–Kier alpha value is -0.930. The number of nitrogens with one attached hydrogen (secondary N) is 1. The van der Waals surface area contributed by atoms with Crippen molar-refractivity contribution >= 4 is 0 Å². The van der Waals surface area contributed by atoms with Crippen LogP contribution in [0.2, 0.25) is 0 Å². The number of hydrogen-bond donors (Lipinski definition) is 2. The maximum Gasteiger partial charge on any atom is 0.123 e. The van der Waals surface area contributed by atoms with Crippen molar-refractivity contribution in [2.45, 2.75) is 25.9 Å². The molecule has 1 aromatic carbocycles. The molecule has 1 rings (SSSR count). The first kappa shape index (κ1) is 11.1. The molecule has 3 heteroatoms. The Balaban J connectivity index is 2.37. The smallest absolute Gasteiger partial charge is 0.123 e. The molecule has 0 aliphatic rings. The van der Waals surface area contributed by atoms with E-state index in [0.717, 1.165) is 12.0 Å². The first-order chi connectivity index (χ1) is 6.72. The third-order valence-electron chi connectivity index (χ3n) is 2.14. The molecule has 2 nitrogen and oxygen atoms in total. The average Bonchev–Trinajstić information content (AvgIpc) is 2.15. The van der Waals surface area contributed by atoms with Crippen LogP contribution in [0.3, 0.4) is 0 Å². The highest BCUT2D eigenvalue weighted by Crippen LogP contribution is 2.03. The van der Waals surface area contributed by atoms with Crippen LogP contribution in [0, 0.1) is 5.82 Å². The van der Waals surface area contributed by atoms with Crippen LogP contribution >= 0.6 is 0 Å². The topological polar surface area (TPSA) is 38.0 Å². The second-order valence-electron chi connectivity index (χ2n) is 3.49. The highest BCUT2D eigenvalue weighted by molar-refractivity contribution is 5.15. The molecule has 0 saturated heterocycles. The lowest BCUT2D eigenvalue weighted by Gasteiger charge is -2.12. The molecule has 0 spiro atoms. The van der Waals surface area contributed by atoms with Gasteiger partial charge in [-0.2, -0.15) is 0 Å². The van der Waals surface area contributed by atoms with E-state index in [2.05, 4.69) is 12.2 Å².